The minimum Gasteiger partial charge on any atom is -0.497 e. The molecule has 0 radical (unpaired) electrons. The van der Waals surface area contributed by atoms with Crippen molar-refractivity contribution in [2.45, 2.75) is 18.8 Å². The Hall–Kier alpha value is -4.14. The third-order valence-electron chi connectivity index (χ3n) is 6.29. The minimum absolute atomic E-state index is 0.0819. The van der Waals surface area contributed by atoms with Crippen molar-refractivity contribution < 1.29 is 9.53 Å². The zero-order valence-electron chi connectivity index (χ0n) is 19.1. The van der Waals surface area contributed by atoms with Crippen molar-refractivity contribution in [2.75, 3.05) is 20.2 Å². The van der Waals surface area contributed by atoms with E-state index in [1.807, 2.05) is 59.5 Å². The number of ether oxygens (including phenoxy) is 1. The molecule has 1 saturated heterocycles. The largest absolute Gasteiger partial charge is 0.497 e. The van der Waals surface area contributed by atoms with Gasteiger partial charge in [-0.05, 0) is 43.2 Å². The number of likely N-dealkylation sites (tertiary alicyclic amines) is 1. The quantitative estimate of drug-likeness (QED) is 0.496. The first-order valence-electron chi connectivity index (χ1n) is 11.3. The highest BCUT2D eigenvalue weighted by Crippen LogP contribution is 2.29. The molecule has 0 saturated carbocycles. The Morgan fingerprint density at radius 3 is 2.56 bits per heavy atom. The number of nitrogens with one attached hydrogen (secondary N) is 1. The monoisotopic (exact) mass is 458 g/mol. The van der Waals surface area contributed by atoms with Crippen LogP contribution in [0.1, 0.15) is 35.1 Å². The minimum atomic E-state index is -0.165. The summed E-state index contributed by atoms with van der Waals surface area (Å²) in [5.41, 5.74) is 2.66. The molecule has 174 valence electrons. The molecule has 0 bridgehead atoms. The molecule has 1 aliphatic heterocycles. The molecule has 3 heterocycles. The van der Waals surface area contributed by atoms with Gasteiger partial charge in [-0.3, -0.25) is 9.89 Å². The predicted molar refractivity (Wildman–Crippen MR) is 127 cm³/mol. The summed E-state index contributed by atoms with van der Waals surface area (Å²) >= 11 is 0. The molecule has 2 aromatic carbocycles. The predicted octanol–water partition coefficient (Wildman–Crippen LogP) is 2.99. The van der Waals surface area contributed by atoms with E-state index < -0.39 is 0 Å². The molecule has 0 unspecified atom stereocenters. The van der Waals surface area contributed by atoms with E-state index in [0.717, 1.165) is 35.7 Å². The van der Waals surface area contributed by atoms with Crippen LogP contribution < -0.4 is 10.4 Å². The normalized spacial score (nSPS) is 14.4. The molecule has 0 spiro atoms. The number of piperidine rings is 1. The lowest BCUT2D eigenvalue weighted by atomic mass is 9.95. The molecule has 34 heavy (non-hydrogen) atoms. The lowest BCUT2D eigenvalue weighted by Gasteiger charge is -2.31. The highest BCUT2D eigenvalue weighted by atomic mass is 16.5. The van der Waals surface area contributed by atoms with Crippen molar-refractivity contribution in [1.82, 2.24) is 29.4 Å². The summed E-state index contributed by atoms with van der Waals surface area (Å²) in [5, 5.41) is 11.7. The van der Waals surface area contributed by atoms with Crippen LogP contribution in [0.15, 0.2) is 65.5 Å². The molecule has 0 atom stereocenters. The molecule has 5 rings (SSSR count). The SMILES string of the molecule is COc1cccc(-c2cc(C(=O)N3CCC(c4nn(C)c(=O)n4-c4ccccc4)CC3)[nH]n2)c1. The summed E-state index contributed by atoms with van der Waals surface area (Å²) < 4.78 is 8.33. The molecule has 4 aromatic rings. The first kappa shape index (κ1) is 21.7. The maximum atomic E-state index is 13.1. The number of methoxy groups -OCH3 is 1. The number of carbonyl (C=O) groups excluding carboxylic acids is 1. The van der Waals surface area contributed by atoms with Gasteiger partial charge >= 0.3 is 5.69 Å². The summed E-state index contributed by atoms with van der Waals surface area (Å²) in [6.07, 6.45) is 1.46. The van der Waals surface area contributed by atoms with Crippen molar-refractivity contribution in [2.24, 2.45) is 7.05 Å². The second kappa shape index (κ2) is 9.01. The maximum absolute atomic E-state index is 13.1. The molecular formula is C25H26N6O3. The number of hydrogen-bond donors (Lipinski definition) is 1. The van der Waals surface area contributed by atoms with E-state index in [0.29, 0.717) is 24.5 Å². The fourth-order valence-corrected chi connectivity index (χ4v) is 4.44. The Morgan fingerprint density at radius 2 is 1.82 bits per heavy atom. The molecule has 1 aliphatic rings. The summed E-state index contributed by atoms with van der Waals surface area (Å²) in [6, 6.07) is 18.9. The summed E-state index contributed by atoms with van der Waals surface area (Å²) in [5.74, 6) is 1.49. The van der Waals surface area contributed by atoms with E-state index in [1.54, 1.807) is 24.8 Å². The topological polar surface area (TPSA) is 98.0 Å². The van der Waals surface area contributed by atoms with Gasteiger partial charge in [-0.25, -0.2) is 14.0 Å². The number of benzene rings is 2. The van der Waals surface area contributed by atoms with Gasteiger partial charge in [0.05, 0.1) is 18.5 Å². The highest BCUT2D eigenvalue weighted by Gasteiger charge is 2.29. The van der Waals surface area contributed by atoms with Crippen molar-refractivity contribution in [1.29, 1.82) is 0 Å². The highest BCUT2D eigenvalue weighted by molar-refractivity contribution is 5.93. The van der Waals surface area contributed by atoms with Crippen LogP contribution in [0.25, 0.3) is 16.9 Å². The van der Waals surface area contributed by atoms with Gasteiger partial charge in [-0.1, -0.05) is 30.3 Å². The fourth-order valence-electron chi connectivity index (χ4n) is 4.44. The van der Waals surface area contributed by atoms with Crippen molar-refractivity contribution in [3.8, 4) is 22.7 Å². The van der Waals surface area contributed by atoms with Gasteiger partial charge in [-0.2, -0.15) is 10.2 Å². The number of nitrogens with zero attached hydrogens (tertiary/aromatic N) is 5. The number of hydrogen-bond acceptors (Lipinski definition) is 5. The zero-order valence-corrected chi connectivity index (χ0v) is 19.1. The molecule has 1 N–H and O–H groups in total. The molecule has 1 fully saturated rings. The van der Waals surface area contributed by atoms with Crippen molar-refractivity contribution in [3.05, 3.63) is 82.7 Å². The average Bonchev–Trinajstić information content (AvgIpc) is 3.49. The number of aryl methyl sites for hydroxylation is 1. The van der Waals surface area contributed by atoms with Crippen LogP contribution >= 0.6 is 0 Å². The number of carbonyl (C=O) groups is 1. The Kier molecular flexibility index (Phi) is 5.75. The van der Waals surface area contributed by atoms with Crippen molar-refractivity contribution >= 4 is 5.91 Å². The Balaban J connectivity index is 1.30. The maximum Gasteiger partial charge on any atom is 0.350 e. The van der Waals surface area contributed by atoms with Gasteiger partial charge in [0.25, 0.3) is 5.91 Å². The lowest BCUT2D eigenvalue weighted by molar-refractivity contribution is 0.0704. The number of aromatic amines is 1. The van der Waals surface area contributed by atoms with Gasteiger partial charge in [0.2, 0.25) is 0 Å². The summed E-state index contributed by atoms with van der Waals surface area (Å²) in [7, 11) is 3.29. The van der Waals surface area contributed by atoms with Crippen LogP contribution in [0.4, 0.5) is 0 Å². The van der Waals surface area contributed by atoms with Crippen LogP contribution in [0.2, 0.25) is 0 Å². The Labute approximate surface area is 196 Å². The molecular weight excluding hydrogens is 432 g/mol. The molecule has 2 aromatic heterocycles. The van der Waals surface area contributed by atoms with Crippen LogP contribution in [0.3, 0.4) is 0 Å². The summed E-state index contributed by atoms with van der Waals surface area (Å²) in [6.45, 7) is 1.16. The van der Waals surface area contributed by atoms with E-state index in [1.165, 1.54) is 4.68 Å². The third-order valence-corrected chi connectivity index (χ3v) is 6.29. The molecule has 9 heteroatoms. The van der Waals surface area contributed by atoms with Gasteiger partial charge in [0, 0.05) is 31.6 Å². The number of para-hydroxylation sites is 1. The standard InChI is InChI=1S/C25H26N6O3/c1-29-25(33)31(19-8-4-3-5-9-19)23(28-29)17-11-13-30(14-12-17)24(32)22-16-21(26-27-22)18-7-6-10-20(15-18)34-2/h3-10,15-17H,11-14H2,1-2H3,(H,26,27). The second-order valence-corrected chi connectivity index (χ2v) is 8.40. The first-order chi connectivity index (χ1) is 16.5. The van der Waals surface area contributed by atoms with Gasteiger partial charge in [0.15, 0.2) is 0 Å². The van der Waals surface area contributed by atoms with E-state index in [2.05, 4.69) is 15.3 Å². The van der Waals surface area contributed by atoms with Crippen molar-refractivity contribution in [3.63, 3.8) is 0 Å². The fraction of sp³-hybridized carbons (Fsp3) is 0.280. The molecule has 1 amide bonds. The lowest BCUT2D eigenvalue weighted by Crippen LogP contribution is -2.38. The second-order valence-electron chi connectivity index (χ2n) is 8.40. The smallest absolute Gasteiger partial charge is 0.350 e. The van der Waals surface area contributed by atoms with Gasteiger partial charge < -0.3 is 9.64 Å². The molecule has 9 nitrogen and oxygen atoms in total. The van der Waals surface area contributed by atoms with E-state index in [9.17, 15) is 9.59 Å². The average molecular weight is 459 g/mol. The third kappa shape index (κ3) is 4.00. The van der Waals surface area contributed by atoms with Crippen LogP contribution in [-0.2, 0) is 7.05 Å². The van der Waals surface area contributed by atoms with E-state index in [4.69, 9.17) is 4.74 Å². The summed E-state index contributed by atoms with van der Waals surface area (Å²) in [4.78, 5) is 27.7. The van der Waals surface area contributed by atoms with Crippen LogP contribution in [0.5, 0.6) is 5.75 Å². The van der Waals surface area contributed by atoms with E-state index >= 15 is 0 Å². The molecule has 0 aliphatic carbocycles. The van der Waals surface area contributed by atoms with E-state index in [-0.39, 0.29) is 17.5 Å². The van der Waals surface area contributed by atoms with Gasteiger partial charge in [0.1, 0.15) is 17.3 Å². The van der Waals surface area contributed by atoms with Crippen LogP contribution in [0, 0.1) is 0 Å². The number of aromatic nitrogens is 5. The van der Waals surface area contributed by atoms with Gasteiger partial charge in [-0.15, -0.1) is 0 Å². The Morgan fingerprint density at radius 1 is 1.06 bits per heavy atom. The number of amides is 1. The van der Waals surface area contributed by atoms with Crippen LogP contribution in [-0.4, -0.2) is 55.6 Å². The zero-order chi connectivity index (χ0) is 23.7. The Bertz CT molecular complexity index is 1360. The number of H-pyrrole nitrogens is 1. The number of rotatable bonds is 5. The first-order valence-corrected chi connectivity index (χ1v) is 11.3.